The summed E-state index contributed by atoms with van der Waals surface area (Å²) in [6, 6.07) is 9.96. The average Bonchev–Trinajstić information content (AvgIpc) is 2.75. The highest BCUT2D eigenvalue weighted by molar-refractivity contribution is 6.31. The van der Waals surface area contributed by atoms with Crippen LogP contribution in [-0.4, -0.2) is 58.0 Å². The lowest BCUT2D eigenvalue weighted by Gasteiger charge is -2.41. The maximum Gasteiger partial charge on any atom is 0.123 e. The highest BCUT2D eigenvalue weighted by atomic mass is 35.5. The Morgan fingerprint density at radius 1 is 1.07 bits per heavy atom. The molecule has 0 aliphatic carbocycles. The first-order valence-electron chi connectivity index (χ1n) is 10.0. The van der Waals surface area contributed by atoms with Crippen molar-refractivity contribution in [2.24, 2.45) is 0 Å². The second-order valence-electron chi connectivity index (χ2n) is 7.90. The van der Waals surface area contributed by atoms with Crippen LogP contribution in [-0.2, 0) is 17.7 Å². The van der Waals surface area contributed by atoms with Crippen LogP contribution >= 0.6 is 11.6 Å². The van der Waals surface area contributed by atoms with E-state index in [4.69, 9.17) is 16.3 Å². The minimum Gasteiger partial charge on any atom is -0.394 e. The Kier molecular flexibility index (Phi) is 6.29. The minimum atomic E-state index is -1.43. The summed E-state index contributed by atoms with van der Waals surface area (Å²) in [5, 5.41) is 40.5. The first-order chi connectivity index (χ1) is 14.4. The number of rotatable bonds is 4. The number of nitrogens with zero attached hydrogens (tertiary/aromatic N) is 1. The Balaban J connectivity index is 1.64. The Hall–Kier alpha value is -1.74. The monoisotopic (exact) mass is 437 g/mol. The SMILES string of the molecule is OC[C@H]1O[C@@H](c2ccc3c(c2)N(Cc2cc(F)ccc2Cl)CCC3)[C@H](O)[C@@H](O)[C@@H]1O. The summed E-state index contributed by atoms with van der Waals surface area (Å²) in [7, 11) is 0. The minimum absolute atomic E-state index is 0.346. The predicted molar refractivity (Wildman–Crippen MR) is 110 cm³/mol. The van der Waals surface area contributed by atoms with Gasteiger partial charge in [0.05, 0.1) is 6.61 Å². The zero-order chi connectivity index (χ0) is 21.4. The van der Waals surface area contributed by atoms with Crippen molar-refractivity contribution in [2.75, 3.05) is 18.1 Å². The van der Waals surface area contributed by atoms with Crippen LogP contribution in [0.5, 0.6) is 0 Å². The van der Waals surface area contributed by atoms with Gasteiger partial charge in [0, 0.05) is 23.8 Å². The summed E-state index contributed by atoms with van der Waals surface area (Å²) in [6.07, 6.45) is -4.20. The lowest BCUT2D eigenvalue weighted by atomic mass is 9.89. The third-order valence-corrected chi connectivity index (χ3v) is 6.28. The van der Waals surface area contributed by atoms with Gasteiger partial charge in [-0.2, -0.15) is 0 Å². The number of fused-ring (bicyclic) bond motifs is 1. The zero-order valence-electron chi connectivity index (χ0n) is 16.3. The molecule has 2 aliphatic rings. The van der Waals surface area contributed by atoms with Crippen LogP contribution in [0.1, 0.15) is 29.2 Å². The van der Waals surface area contributed by atoms with Gasteiger partial charge in [-0.15, -0.1) is 0 Å². The summed E-state index contributed by atoms with van der Waals surface area (Å²) in [6.45, 7) is 0.719. The Bertz CT molecular complexity index is 911. The summed E-state index contributed by atoms with van der Waals surface area (Å²) in [4.78, 5) is 2.10. The molecule has 0 unspecified atom stereocenters. The van der Waals surface area contributed by atoms with Crippen LogP contribution in [0.4, 0.5) is 10.1 Å². The quantitative estimate of drug-likeness (QED) is 0.584. The summed E-state index contributed by atoms with van der Waals surface area (Å²) in [5.41, 5.74) is 3.35. The normalized spacial score (nSPS) is 29.0. The molecule has 0 saturated carbocycles. The summed E-state index contributed by atoms with van der Waals surface area (Å²) < 4.78 is 19.4. The maximum atomic E-state index is 13.7. The lowest BCUT2D eigenvalue weighted by molar-refractivity contribution is -0.231. The largest absolute Gasteiger partial charge is 0.394 e. The van der Waals surface area contributed by atoms with E-state index in [1.807, 2.05) is 18.2 Å². The van der Waals surface area contributed by atoms with Gasteiger partial charge in [0.2, 0.25) is 0 Å². The van der Waals surface area contributed by atoms with Crippen LogP contribution in [0.25, 0.3) is 0 Å². The highest BCUT2D eigenvalue weighted by Gasteiger charge is 2.44. The van der Waals surface area contributed by atoms with Crippen molar-refractivity contribution in [1.82, 2.24) is 0 Å². The maximum absolute atomic E-state index is 13.7. The van der Waals surface area contributed by atoms with Gasteiger partial charge >= 0.3 is 0 Å². The van der Waals surface area contributed by atoms with Gasteiger partial charge in [-0.25, -0.2) is 4.39 Å². The van der Waals surface area contributed by atoms with Gasteiger partial charge in [0.25, 0.3) is 0 Å². The molecule has 4 N–H and O–H groups in total. The first kappa shape index (κ1) is 21.5. The first-order valence-corrected chi connectivity index (χ1v) is 10.4. The molecule has 0 radical (unpaired) electrons. The van der Waals surface area contributed by atoms with E-state index in [1.165, 1.54) is 12.1 Å². The number of ether oxygens (including phenoxy) is 1. The molecule has 2 aromatic carbocycles. The number of aliphatic hydroxyl groups excluding tert-OH is 4. The van der Waals surface area contributed by atoms with E-state index in [1.54, 1.807) is 6.07 Å². The third-order valence-electron chi connectivity index (χ3n) is 5.91. The number of hydrogen-bond acceptors (Lipinski definition) is 6. The van der Waals surface area contributed by atoms with Gasteiger partial charge in [-0.05, 0) is 53.8 Å². The molecular weight excluding hydrogens is 413 g/mol. The van der Waals surface area contributed by atoms with E-state index in [0.717, 1.165) is 30.6 Å². The second-order valence-corrected chi connectivity index (χ2v) is 8.31. The van der Waals surface area contributed by atoms with Crippen LogP contribution in [0.2, 0.25) is 5.02 Å². The number of aliphatic hydroxyl groups is 4. The summed E-state index contributed by atoms with van der Waals surface area (Å²) in [5.74, 6) is -0.346. The molecule has 0 spiro atoms. The van der Waals surface area contributed by atoms with E-state index >= 15 is 0 Å². The van der Waals surface area contributed by atoms with Gasteiger partial charge in [0.1, 0.15) is 36.3 Å². The van der Waals surface area contributed by atoms with Crippen molar-refractivity contribution in [3.05, 3.63) is 63.9 Å². The fourth-order valence-corrected chi connectivity index (χ4v) is 4.43. The molecular formula is C22H25ClFNO5. The molecule has 162 valence electrons. The Morgan fingerprint density at radius 3 is 2.63 bits per heavy atom. The molecule has 0 amide bonds. The zero-order valence-corrected chi connectivity index (χ0v) is 17.0. The van der Waals surface area contributed by atoms with E-state index in [-0.39, 0.29) is 5.82 Å². The molecule has 4 rings (SSSR count). The van der Waals surface area contributed by atoms with E-state index < -0.39 is 37.1 Å². The highest BCUT2D eigenvalue weighted by Crippen LogP contribution is 2.37. The van der Waals surface area contributed by atoms with Crippen LogP contribution in [0.15, 0.2) is 36.4 Å². The molecule has 30 heavy (non-hydrogen) atoms. The van der Waals surface area contributed by atoms with Crippen LogP contribution < -0.4 is 4.90 Å². The third kappa shape index (κ3) is 4.06. The number of benzene rings is 2. The number of aryl methyl sites for hydroxylation is 1. The van der Waals surface area contributed by atoms with Crippen molar-refractivity contribution in [3.8, 4) is 0 Å². The fraction of sp³-hybridized carbons (Fsp3) is 0.455. The Labute approximate surface area is 179 Å². The fourth-order valence-electron chi connectivity index (χ4n) is 4.26. The van der Waals surface area contributed by atoms with Crippen molar-refractivity contribution in [1.29, 1.82) is 0 Å². The lowest BCUT2D eigenvalue weighted by Crippen LogP contribution is -2.55. The molecule has 8 heteroatoms. The van der Waals surface area contributed by atoms with E-state index in [9.17, 15) is 24.8 Å². The van der Waals surface area contributed by atoms with Crippen molar-refractivity contribution < 1.29 is 29.6 Å². The second kappa shape index (κ2) is 8.78. The average molecular weight is 438 g/mol. The summed E-state index contributed by atoms with van der Waals surface area (Å²) >= 11 is 6.25. The number of anilines is 1. The van der Waals surface area contributed by atoms with Gasteiger partial charge in [0.15, 0.2) is 0 Å². The van der Waals surface area contributed by atoms with Crippen LogP contribution in [0.3, 0.4) is 0 Å². The van der Waals surface area contributed by atoms with Gasteiger partial charge < -0.3 is 30.1 Å². The molecule has 1 saturated heterocycles. The van der Waals surface area contributed by atoms with E-state index in [0.29, 0.717) is 22.7 Å². The van der Waals surface area contributed by atoms with Crippen molar-refractivity contribution in [2.45, 2.75) is 49.9 Å². The topological polar surface area (TPSA) is 93.4 Å². The molecule has 1 fully saturated rings. The van der Waals surface area contributed by atoms with Gasteiger partial charge in [-0.1, -0.05) is 23.7 Å². The molecule has 2 aromatic rings. The molecule has 2 aliphatic heterocycles. The smallest absolute Gasteiger partial charge is 0.123 e. The van der Waals surface area contributed by atoms with E-state index in [2.05, 4.69) is 4.90 Å². The predicted octanol–water partition coefficient (Wildman–Crippen LogP) is 1.95. The number of halogens is 2. The molecule has 0 aromatic heterocycles. The van der Waals surface area contributed by atoms with Crippen LogP contribution in [0, 0.1) is 5.82 Å². The molecule has 2 heterocycles. The standard InChI is InChI=1S/C22H25ClFNO5/c23-16-6-5-15(24)8-14(16)10-25-7-1-2-12-3-4-13(9-17(12)25)22-21(29)20(28)19(27)18(11-26)30-22/h3-6,8-9,18-22,26-29H,1-2,7,10-11H2/t18-,19-,20+,21-,22+/m1/s1. The van der Waals surface area contributed by atoms with Gasteiger partial charge in [-0.3, -0.25) is 0 Å². The van der Waals surface area contributed by atoms with Crippen molar-refractivity contribution in [3.63, 3.8) is 0 Å². The van der Waals surface area contributed by atoms with Crippen molar-refractivity contribution >= 4 is 17.3 Å². The molecule has 6 nitrogen and oxygen atoms in total. The number of hydrogen-bond donors (Lipinski definition) is 4. The Morgan fingerprint density at radius 2 is 1.87 bits per heavy atom. The molecule has 0 bridgehead atoms. The molecule has 5 atom stereocenters.